The normalized spacial score (nSPS) is 10.1. The van der Waals surface area contributed by atoms with Crippen LogP contribution in [0.15, 0.2) is 18.2 Å². The first-order valence-corrected chi connectivity index (χ1v) is 5.85. The predicted molar refractivity (Wildman–Crippen MR) is 69.1 cm³/mol. The van der Waals surface area contributed by atoms with Crippen LogP contribution in [0.1, 0.15) is 13.3 Å². The summed E-state index contributed by atoms with van der Waals surface area (Å²) in [6, 6.07) is 5.70. The van der Waals surface area contributed by atoms with Gasteiger partial charge in [-0.1, -0.05) is 0 Å². The van der Waals surface area contributed by atoms with Gasteiger partial charge in [0, 0.05) is 25.8 Å². The zero-order valence-electron chi connectivity index (χ0n) is 10.8. The van der Waals surface area contributed by atoms with E-state index in [-0.39, 0.29) is 0 Å². The Labute approximate surface area is 103 Å². The van der Waals surface area contributed by atoms with Gasteiger partial charge in [0.05, 0.1) is 19.9 Å². The van der Waals surface area contributed by atoms with E-state index < -0.39 is 0 Å². The van der Waals surface area contributed by atoms with Gasteiger partial charge in [0.25, 0.3) is 0 Å². The first kappa shape index (κ1) is 13.6. The summed E-state index contributed by atoms with van der Waals surface area (Å²) < 4.78 is 15.7. The van der Waals surface area contributed by atoms with Crippen LogP contribution in [-0.4, -0.2) is 34.0 Å². The van der Waals surface area contributed by atoms with Crippen molar-refractivity contribution in [1.29, 1.82) is 0 Å². The Morgan fingerprint density at radius 1 is 1.18 bits per heavy atom. The summed E-state index contributed by atoms with van der Waals surface area (Å²) in [5.41, 5.74) is 0.948. The lowest BCUT2D eigenvalue weighted by Gasteiger charge is -2.12. The average Bonchev–Trinajstić information content (AvgIpc) is 2.38. The molecule has 0 aliphatic carbocycles. The summed E-state index contributed by atoms with van der Waals surface area (Å²) in [7, 11) is 3.31. The van der Waals surface area contributed by atoms with Crippen LogP contribution in [0.4, 0.5) is 5.69 Å². The fourth-order valence-corrected chi connectivity index (χ4v) is 1.49. The van der Waals surface area contributed by atoms with Crippen LogP contribution < -0.4 is 14.8 Å². The van der Waals surface area contributed by atoms with E-state index in [0.29, 0.717) is 0 Å². The van der Waals surface area contributed by atoms with E-state index in [2.05, 4.69) is 5.32 Å². The quantitative estimate of drug-likeness (QED) is 0.708. The lowest BCUT2D eigenvalue weighted by atomic mass is 10.2. The molecule has 0 bridgehead atoms. The summed E-state index contributed by atoms with van der Waals surface area (Å²) in [6.45, 7) is 4.39. The SMILES string of the molecule is CCOCCCNc1cc(OC)ccc1OC. The van der Waals surface area contributed by atoms with Crippen LogP contribution in [0.3, 0.4) is 0 Å². The van der Waals surface area contributed by atoms with Gasteiger partial charge in [-0.3, -0.25) is 0 Å². The Bertz CT molecular complexity index is 328. The van der Waals surface area contributed by atoms with Crippen molar-refractivity contribution in [1.82, 2.24) is 0 Å². The number of ether oxygens (including phenoxy) is 3. The molecular formula is C13H21NO3. The molecule has 0 aliphatic heterocycles. The molecule has 0 aromatic heterocycles. The molecule has 0 saturated carbocycles. The largest absolute Gasteiger partial charge is 0.497 e. The second-order valence-corrected chi connectivity index (χ2v) is 3.54. The molecule has 0 aliphatic rings. The second-order valence-electron chi connectivity index (χ2n) is 3.54. The highest BCUT2D eigenvalue weighted by molar-refractivity contribution is 5.59. The van der Waals surface area contributed by atoms with Crippen LogP contribution in [0.5, 0.6) is 11.5 Å². The fraction of sp³-hybridized carbons (Fsp3) is 0.538. The standard InChI is InChI=1S/C13H21NO3/c1-4-17-9-5-8-14-12-10-11(15-2)6-7-13(12)16-3/h6-7,10,14H,4-5,8-9H2,1-3H3. The van der Waals surface area contributed by atoms with Gasteiger partial charge in [-0.15, -0.1) is 0 Å². The fourth-order valence-electron chi connectivity index (χ4n) is 1.49. The molecule has 17 heavy (non-hydrogen) atoms. The van der Waals surface area contributed by atoms with Crippen LogP contribution in [0.2, 0.25) is 0 Å². The monoisotopic (exact) mass is 239 g/mol. The van der Waals surface area contributed by atoms with Crippen molar-refractivity contribution in [3.8, 4) is 11.5 Å². The molecule has 0 atom stereocenters. The van der Waals surface area contributed by atoms with Crippen molar-refractivity contribution in [2.75, 3.05) is 39.3 Å². The van der Waals surface area contributed by atoms with Gasteiger partial charge in [-0.2, -0.15) is 0 Å². The molecule has 4 nitrogen and oxygen atoms in total. The van der Waals surface area contributed by atoms with Gasteiger partial charge >= 0.3 is 0 Å². The van der Waals surface area contributed by atoms with Crippen molar-refractivity contribution in [2.24, 2.45) is 0 Å². The minimum absolute atomic E-state index is 0.766. The molecule has 4 heteroatoms. The van der Waals surface area contributed by atoms with E-state index in [1.165, 1.54) is 0 Å². The molecule has 1 aromatic carbocycles. The number of benzene rings is 1. The topological polar surface area (TPSA) is 39.7 Å². The van der Waals surface area contributed by atoms with E-state index in [9.17, 15) is 0 Å². The van der Waals surface area contributed by atoms with E-state index in [1.807, 2.05) is 25.1 Å². The maximum absolute atomic E-state index is 5.28. The molecule has 0 spiro atoms. The highest BCUT2D eigenvalue weighted by Crippen LogP contribution is 2.28. The Morgan fingerprint density at radius 2 is 2.00 bits per heavy atom. The molecule has 1 aromatic rings. The molecule has 96 valence electrons. The lowest BCUT2D eigenvalue weighted by molar-refractivity contribution is 0.147. The summed E-state index contributed by atoms with van der Waals surface area (Å²) in [5.74, 6) is 1.64. The molecule has 1 rings (SSSR count). The summed E-state index contributed by atoms with van der Waals surface area (Å²) in [6.07, 6.45) is 0.966. The van der Waals surface area contributed by atoms with Crippen molar-refractivity contribution in [3.63, 3.8) is 0 Å². The highest BCUT2D eigenvalue weighted by Gasteiger charge is 2.03. The maximum Gasteiger partial charge on any atom is 0.142 e. The number of anilines is 1. The molecule has 0 fully saturated rings. The van der Waals surface area contributed by atoms with Gasteiger partial charge < -0.3 is 19.5 Å². The number of hydrogen-bond acceptors (Lipinski definition) is 4. The van der Waals surface area contributed by atoms with Crippen LogP contribution in [-0.2, 0) is 4.74 Å². The Kier molecular flexibility index (Phi) is 6.25. The molecule has 0 unspecified atom stereocenters. The van der Waals surface area contributed by atoms with E-state index in [4.69, 9.17) is 14.2 Å². The van der Waals surface area contributed by atoms with E-state index in [0.717, 1.165) is 43.4 Å². The summed E-state index contributed by atoms with van der Waals surface area (Å²) in [4.78, 5) is 0. The molecule has 0 amide bonds. The van der Waals surface area contributed by atoms with Crippen LogP contribution in [0, 0.1) is 0 Å². The molecule has 0 heterocycles. The molecule has 0 radical (unpaired) electrons. The zero-order valence-corrected chi connectivity index (χ0v) is 10.8. The van der Waals surface area contributed by atoms with E-state index >= 15 is 0 Å². The third-order valence-electron chi connectivity index (χ3n) is 2.39. The van der Waals surface area contributed by atoms with Crippen molar-refractivity contribution >= 4 is 5.69 Å². The first-order valence-electron chi connectivity index (χ1n) is 5.85. The minimum Gasteiger partial charge on any atom is -0.497 e. The first-order chi connectivity index (χ1) is 8.31. The van der Waals surface area contributed by atoms with Gasteiger partial charge in [0.15, 0.2) is 0 Å². The minimum atomic E-state index is 0.766. The smallest absolute Gasteiger partial charge is 0.142 e. The van der Waals surface area contributed by atoms with Gasteiger partial charge in [-0.05, 0) is 25.5 Å². The van der Waals surface area contributed by atoms with Crippen molar-refractivity contribution < 1.29 is 14.2 Å². The van der Waals surface area contributed by atoms with Crippen molar-refractivity contribution in [3.05, 3.63) is 18.2 Å². The number of methoxy groups -OCH3 is 2. The average molecular weight is 239 g/mol. The maximum atomic E-state index is 5.28. The van der Waals surface area contributed by atoms with Gasteiger partial charge in [0.2, 0.25) is 0 Å². The van der Waals surface area contributed by atoms with Crippen LogP contribution >= 0.6 is 0 Å². The Balaban J connectivity index is 2.49. The Morgan fingerprint density at radius 3 is 2.65 bits per heavy atom. The molecule has 0 saturated heterocycles. The number of nitrogens with one attached hydrogen (secondary N) is 1. The zero-order chi connectivity index (χ0) is 12.5. The van der Waals surface area contributed by atoms with Gasteiger partial charge in [0.1, 0.15) is 11.5 Å². The van der Waals surface area contributed by atoms with Crippen molar-refractivity contribution in [2.45, 2.75) is 13.3 Å². The third kappa shape index (κ3) is 4.53. The summed E-state index contributed by atoms with van der Waals surface area (Å²) in [5, 5.41) is 3.31. The predicted octanol–water partition coefficient (Wildman–Crippen LogP) is 2.54. The lowest BCUT2D eigenvalue weighted by Crippen LogP contribution is -2.06. The molecule has 1 N–H and O–H groups in total. The second kappa shape index (κ2) is 7.79. The van der Waals surface area contributed by atoms with Gasteiger partial charge in [-0.25, -0.2) is 0 Å². The Hall–Kier alpha value is -1.42. The summed E-state index contributed by atoms with van der Waals surface area (Å²) >= 11 is 0. The third-order valence-corrected chi connectivity index (χ3v) is 2.39. The number of hydrogen-bond donors (Lipinski definition) is 1. The van der Waals surface area contributed by atoms with Crippen LogP contribution in [0.25, 0.3) is 0 Å². The molecular weight excluding hydrogens is 218 g/mol. The highest BCUT2D eigenvalue weighted by atomic mass is 16.5. The van der Waals surface area contributed by atoms with E-state index in [1.54, 1.807) is 14.2 Å². The number of rotatable bonds is 8.